The molecule has 2 fully saturated rings. The van der Waals surface area contributed by atoms with Crippen LogP contribution in [0.3, 0.4) is 0 Å². The van der Waals surface area contributed by atoms with Gasteiger partial charge >= 0.3 is 0 Å². The molecule has 2 bridgehead atoms. The number of anilines is 2. The molecule has 5 rings (SSSR count). The van der Waals surface area contributed by atoms with E-state index in [0.29, 0.717) is 16.9 Å². The molecule has 1 heterocycles. The second-order valence-corrected chi connectivity index (χ2v) is 7.38. The normalized spacial score (nSPS) is 27.9. The van der Waals surface area contributed by atoms with Crippen molar-refractivity contribution < 1.29 is 14.4 Å². The summed E-state index contributed by atoms with van der Waals surface area (Å²) in [5, 5.41) is 2.83. The zero-order valence-corrected chi connectivity index (χ0v) is 14.5. The monoisotopic (exact) mass is 358 g/mol. The molecule has 5 nitrogen and oxygen atoms in total. The average molecular weight is 358 g/mol. The van der Waals surface area contributed by atoms with E-state index in [1.165, 1.54) is 4.90 Å². The fraction of sp³-hybridized carbons (Fsp3) is 0.227. The summed E-state index contributed by atoms with van der Waals surface area (Å²) >= 11 is 0. The molecule has 2 aromatic rings. The lowest BCUT2D eigenvalue weighted by molar-refractivity contribution is -0.123. The molecule has 4 atom stereocenters. The van der Waals surface area contributed by atoms with E-state index in [1.54, 1.807) is 48.5 Å². The van der Waals surface area contributed by atoms with Crippen molar-refractivity contribution >= 4 is 29.1 Å². The molecule has 2 aliphatic carbocycles. The van der Waals surface area contributed by atoms with E-state index >= 15 is 0 Å². The average Bonchev–Trinajstić information content (AvgIpc) is 3.36. The van der Waals surface area contributed by atoms with Crippen molar-refractivity contribution in [3.8, 4) is 0 Å². The third-order valence-electron chi connectivity index (χ3n) is 5.87. The summed E-state index contributed by atoms with van der Waals surface area (Å²) in [5.74, 6) is -0.553. The predicted molar refractivity (Wildman–Crippen MR) is 101 cm³/mol. The number of allylic oxidation sites excluding steroid dienone is 2. The van der Waals surface area contributed by atoms with Crippen LogP contribution in [0.2, 0.25) is 0 Å². The molecule has 0 spiro atoms. The van der Waals surface area contributed by atoms with Crippen LogP contribution in [0.5, 0.6) is 0 Å². The maximum Gasteiger partial charge on any atom is 0.255 e. The Bertz CT molecular complexity index is 952. The zero-order valence-electron chi connectivity index (χ0n) is 14.5. The van der Waals surface area contributed by atoms with Gasteiger partial charge in [-0.25, -0.2) is 4.90 Å². The molecule has 3 amide bonds. The van der Waals surface area contributed by atoms with Crippen LogP contribution in [0.15, 0.2) is 66.7 Å². The Hall–Kier alpha value is -3.21. The third-order valence-corrected chi connectivity index (χ3v) is 5.87. The number of imide groups is 1. The SMILES string of the molecule is O=C(Nc1cccc(N2C(=O)[C@@H]3[C@H](C2=O)[C@H]2C=C[C@@H]3C2)c1)c1ccccc1. The first-order valence-electron chi connectivity index (χ1n) is 9.16. The summed E-state index contributed by atoms with van der Waals surface area (Å²) in [7, 11) is 0. The van der Waals surface area contributed by atoms with E-state index in [4.69, 9.17) is 0 Å². The van der Waals surface area contributed by atoms with Crippen molar-refractivity contribution in [2.75, 3.05) is 10.2 Å². The molecule has 2 aromatic carbocycles. The second kappa shape index (κ2) is 5.91. The first-order chi connectivity index (χ1) is 13.1. The van der Waals surface area contributed by atoms with E-state index in [2.05, 4.69) is 17.5 Å². The number of amides is 3. The van der Waals surface area contributed by atoms with Crippen molar-refractivity contribution in [3.63, 3.8) is 0 Å². The lowest BCUT2D eigenvalue weighted by Crippen LogP contribution is -2.32. The van der Waals surface area contributed by atoms with E-state index in [-0.39, 0.29) is 41.4 Å². The molecule has 1 N–H and O–H groups in total. The van der Waals surface area contributed by atoms with Gasteiger partial charge in [-0.2, -0.15) is 0 Å². The quantitative estimate of drug-likeness (QED) is 0.677. The Labute approximate surface area is 156 Å². The summed E-state index contributed by atoms with van der Waals surface area (Å²) < 4.78 is 0. The van der Waals surface area contributed by atoms with Crippen LogP contribution in [-0.2, 0) is 9.59 Å². The molecule has 27 heavy (non-hydrogen) atoms. The number of carbonyl (C=O) groups excluding carboxylic acids is 3. The zero-order chi connectivity index (χ0) is 18.5. The molecular formula is C22H18N2O3. The van der Waals surface area contributed by atoms with Gasteiger partial charge in [0.05, 0.1) is 17.5 Å². The molecule has 5 heteroatoms. The predicted octanol–water partition coefficient (Wildman–Crippen LogP) is 3.25. The highest BCUT2D eigenvalue weighted by Gasteiger charge is 2.59. The van der Waals surface area contributed by atoms with Crippen molar-refractivity contribution in [2.45, 2.75) is 6.42 Å². The fourth-order valence-electron chi connectivity index (χ4n) is 4.67. The summed E-state index contributed by atoms with van der Waals surface area (Å²) in [6.07, 6.45) is 5.07. The van der Waals surface area contributed by atoms with Gasteiger partial charge < -0.3 is 5.32 Å². The van der Waals surface area contributed by atoms with Crippen LogP contribution in [0.25, 0.3) is 0 Å². The fourth-order valence-corrected chi connectivity index (χ4v) is 4.67. The van der Waals surface area contributed by atoms with Crippen LogP contribution in [0.1, 0.15) is 16.8 Å². The number of benzene rings is 2. The minimum absolute atomic E-state index is 0.117. The molecule has 0 radical (unpaired) electrons. The Morgan fingerprint density at radius 2 is 1.56 bits per heavy atom. The molecule has 1 saturated heterocycles. The van der Waals surface area contributed by atoms with Crippen LogP contribution in [0.4, 0.5) is 11.4 Å². The number of nitrogens with zero attached hydrogens (tertiary/aromatic N) is 1. The lowest BCUT2D eigenvalue weighted by Gasteiger charge is -2.18. The number of hydrogen-bond donors (Lipinski definition) is 1. The van der Waals surface area contributed by atoms with Crippen LogP contribution >= 0.6 is 0 Å². The first kappa shape index (κ1) is 16.0. The van der Waals surface area contributed by atoms with E-state index in [0.717, 1.165) is 6.42 Å². The van der Waals surface area contributed by atoms with Crippen molar-refractivity contribution in [1.82, 2.24) is 0 Å². The topological polar surface area (TPSA) is 66.5 Å². The van der Waals surface area contributed by atoms with Gasteiger partial charge in [0.25, 0.3) is 5.91 Å². The van der Waals surface area contributed by atoms with Gasteiger partial charge in [0, 0.05) is 11.3 Å². The number of carbonyl (C=O) groups is 3. The van der Waals surface area contributed by atoms with Gasteiger partial charge in [-0.05, 0) is 48.6 Å². The van der Waals surface area contributed by atoms with Crippen molar-refractivity contribution in [3.05, 3.63) is 72.3 Å². The Kier molecular flexibility index (Phi) is 3.50. The molecule has 1 aliphatic heterocycles. The molecular weight excluding hydrogens is 340 g/mol. The van der Waals surface area contributed by atoms with E-state index < -0.39 is 0 Å². The van der Waals surface area contributed by atoms with Crippen molar-refractivity contribution in [1.29, 1.82) is 0 Å². The third kappa shape index (κ3) is 2.42. The number of hydrogen-bond acceptors (Lipinski definition) is 3. The van der Waals surface area contributed by atoms with Gasteiger partial charge in [-0.1, -0.05) is 36.4 Å². The Morgan fingerprint density at radius 3 is 2.22 bits per heavy atom. The highest BCUT2D eigenvalue weighted by atomic mass is 16.2. The van der Waals surface area contributed by atoms with Gasteiger partial charge in [-0.3, -0.25) is 14.4 Å². The molecule has 134 valence electrons. The Morgan fingerprint density at radius 1 is 0.889 bits per heavy atom. The molecule has 0 unspecified atom stereocenters. The number of rotatable bonds is 3. The maximum atomic E-state index is 12.9. The standard InChI is InChI=1S/C22H18N2O3/c25-20(13-5-2-1-3-6-13)23-16-7-4-8-17(12-16)24-21(26)18-14-9-10-15(11-14)19(18)22(24)27/h1-10,12,14-15,18-19H,11H2,(H,23,25)/t14-,15+,18+,19-. The summed E-state index contributed by atoms with van der Waals surface area (Å²) in [6, 6.07) is 15.8. The first-order valence-corrected chi connectivity index (χ1v) is 9.16. The Balaban J connectivity index is 1.41. The molecule has 0 aromatic heterocycles. The smallest absolute Gasteiger partial charge is 0.255 e. The van der Waals surface area contributed by atoms with Crippen molar-refractivity contribution in [2.24, 2.45) is 23.7 Å². The summed E-state index contributed by atoms with van der Waals surface area (Å²) in [5.41, 5.74) is 1.62. The highest BCUT2D eigenvalue weighted by molar-refractivity contribution is 6.23. The summed E-state index contributed by atoms with van der Waals surface area (Å²) in [6.45, 7) is 0. The largest absolute Gasteiger partial charge is 0.322 e. The van der Waals surface area contributed by atoms with E-state index in [1.807, 2.05) is 6.07 Å². The van der Waals surface area contributed by atoms with Crippen LogP contribution < -0.4 is 10.2 Å². The van der Waals surface area contributed by atoms with Crippen LogP contribution in [0, 0.1) is 23.7 Å². The number of fused-ring (bicyclic) bond motifs is 5. The molecule has 3 aliphatic rings. The van der Waals surface area contributed by atoms with Gasteiger partial charge in [-0.15, -0.1) is 0 Å². The maximum absolute atomic E-state index is 12.9. The second-order valence-electron chi connectivity index (χ2n) is 7.38. The minimum atomic E-state index is -0.231. The van der Waals surface area contributed by atoms with Gasteiger partial charge in [0.1, 0.15) is 0 Å². The number of nitrogens with one attached hydrogen (secondary N) is 1. The van der Waals surface area contributed by atoms with Gasteiger partial charge in [0.15, 0.2) is 0 Å². The van der Waals surface area contributed by atoms with E-state index in [9.17, 15) is 14.4 Å². The lowest BCUT2D eigenvalue weighted by atomic mass is 9.85. The molecule has 1 saturated carbocycles. The van der Waals surface area contributed by atoms with Gasteiger partial charge in [0.2, 0.25) is 11.8 Å². The summed E-state index contributed by atoms with van der Waals surface area (Å²) in [4.78, 5) is 39.5. The highest BCUT2D eigenvalue weighted by Crippen LogP contribution is 2.53. The van der Waals surface area contributed by atoms with Crippen LogP contribution in [-0.4, -0.2) is 17.7 Å². The minimum Gasteiger partial charge on any atom is -0.322 e.